The van der Waals surface area contributed by atoms with Gasteiger partial charge in [-0.25, -0.2) is 21.6 Å². The number of sulfonamides is 2. The van der Waals surface area contributed by atoms with Gasteiger partial charge in [0.1, 0.15) is 0 Å². The van der Waals surface area contributed by atoms with E-state index in [2.05, 4.69) is 10.0 Å². The molecule has 2 rings (SSSR count). The number of carbonyl (C=O) groups is 1. The summed E-state index contributed by atoms with van der Waals surface area (Å²) < 4.78 is 62.9. The summed E-state index contributed by atoms with van der Waals surface area (Å²) in [7, 11) is -5.82. The van der Waals surface area contributed by atoms with Crippen molar-refractivity contribution in [3.63, 3.8) is 0 Å². The number of nitrogens with zero attached hydrogens (tertiary/aromatic N) is 1. The molecule has 1 aromatic rings. The highest BCUT2D eigenvalue weighted by molar-refractivity contribution is 7.89. The topological polar surface area (TPSA) is 131 Å². The van der Waals surface area contributed by atoms with E-state index >= 15 is 0 Å². The molecule has 0 radical (unpaired) electrons. The summed E-state index contributed by atoms with van der Waals surface area (Å²) in [6.07, 6.45) is 0. The Bertz CT molecular complexity index is 911. The first-order valence-electron chi connectivity index (χ1n) is 9.10. The summed E-state index contributed by atoms with van der Waals surface area (Å²) in [6.45, 7) is 3.21. The van der Waals surface area contributed by atoms with Gasteiger partial charge in [-0.15, -0.1) is 0 Å². The van der Waals surface area contributed by atoms with Crippen molar-refractivity contribution in [3.8, 4) is 0 Å². The second-order valence-corrected chi connectivity index (χ2v) is 10.3. The molecular formula is C17H27N3O7S2. The van der Waals surface area contributed by atoms with Crippen LogP contribution in [-0.4, -0.2) is 85.9 Å². The Hall–Kier alpha value is -1.57. The van der Waals surface area contributed by atoms with Crippen LogP contribution in [-0.2, 0) is 29.5 Å². The Morgan fingerprint density at radius 2 is 1.86 bits per heavy atom. The van der Waals surface area contributed by atoms with E-state index < -0.39 is 26.0 Å². The zero-order valence-corrected chi connectivity index (χ0v) is 18.1. The van der Waals surface area contributed by atoms with Crippen LogP contribution in [0.3, 0.4) is 0 Å². The van der Waals surface area contributed by atoms with Gasteiger partial charge in [0.2, 0.25) is 20.0 Å². The molecule has 0 aromatic heterocycles. The molecule has 1 saturated heterocycles. The van der Waals surface area contributed by atoms with Crippen LogP contribution < -0.4 is 10.0 Å². The van der Waals surface area contributed by atoms with Crippen LogP contribution in [0.2, 0.25) is 0 Å². The van der Waals surface area contributed by atoms with E-state index in [0.29, 0.717) is 31.9 Å². The predicted octanol–water partition coefficient (Wildman–Crippen LogP) is -0.688. The van der Waals surface area contributed by atoms with Gasteiger partial charge >= 0.3 is 0 Å². The van der Waals surface area contributed by atoms with Crippen molar-refractivity contribution in [2.45, 2.75) is 11.8 Å². The third kappa shape index (κ3) is 6.73. The van der Waals surface area contributed by atoms with Crippen LogP contribution in [0.15, 0.2) is 23.1 Å². The van der Waals surface area contributed by atoms with Gasteiger partial charge in [-0.1, -0.05) is 6.07 Å². The molecule has 2 N–H and O–H groups in total. The van der Waals surface area contributed by atoms with E-state index in [-0.39, 0.29) is 35.9 Å². The lowest BCUT2D eigenvalue weighted by atomic mass is 10.1. The number of benzene rings is 1. The fraction of sp³-hybridized carbons (Fsp3) is 0.588. The lowest BCUT2D eigenvalue weighted by Gasteiger charge is -2.26. The number of morpholine rings is 1. The lowest BCUT2D eigenvalue weighted by Crippen LogP contribution is -2.43. The van der Waals surface area contributed by atoms with Crippen LogP contribution in [0.5, 0.6) is 0 Å². The Kier molecular flexibility index (Phi) is 8.55. The van der Waals surface area contributed by atoms with Crippen molar-refractivity contribution in [1.82, 2.24) is 14.3 Å². The van der Waals surface area contributed by atoms with Crippen LogP contribution in [0, 0.1) is 6.92 Å². The van der Waals surface area contributed by atoms with Crippen LogP contribution in [0.25, 0.3) is 0 Å². The SMILES string of the molecule is COCCNS(=O)(=O)c1ccc(C)c(C(=O)NCCS(=O)(=O)N2CCOCC2)c1. The largest absolute Gasteiger partial charge is 0.383 e. The van der Waals surface area contributed by atoms with Gasteiger partial charge in [-0.3, -0.25) is 4.79 Å². The molecule has 10 nitrogen and oxygen atoms in total. The number of nitrogens with one attached hydrogen (secondary N) is 2. The van der Waals surface area contributed by atoms with Crippen molar-refractivity contribution in [2.24, 2.45) is 0 Å². The molecule has 164 valence electrons. The lowest BCUT2D eigenvalue weighted by molar-refractivity contribution is 0.0730. The van der Waals surface area contributed by atoms with Gasteiger partial charge < -0.3 is 14.8 Å². The van der Waals surface area contributed by atoms with Crippen molar-refractivity contribution >= 4 is 26.0 Å². The summed E-state index contributed by atoms with van der Waals surface area (Å²) in [4.78, 5) is 12.4. The molecule has 1 aliphatic heterocycles. The van der Waals surface area contributed by atoms with Gasteiger partial charge in [-0.2, -0.15) is 4.31 Å². The first-order chi connectivity index (χ1) is 13.7. The Labute approximate surface area is 171 Å². The highest BCUT2D eigenvalue weighted by Gasteiger charge is 2.24. The predicted molar refractivity (Wildman–Crippen MR) is 107 cm³/mol. The smallest absolute Gasteiger partial charge is 0.251 e. The van der Waals surface area contributed by atoms with Gasteiger partial charge in [-0.05, 0) is 24.6 Å². The zero-order valence-electron chi connectivity index (χ0n) is 16.5. The molecule has 1 amide bonds. The highest BCUT2D eigenvalue weighted by atomic mass is 32.2. The summed E-state index contributed by atoms with van der Waals surface area (Å²) in [5, 5.41) is 2.55. The van der Waals surface area contributed by atoms with Gasteiger partial charge in [0, 0.05) is 38.9 Å². The normalized spacial score (nSPS) is 15.9. The molecule has 29 heavy (non-hydrogen) atoms. The maximum atomic E-state index is 12.5. The Morgan fingerprint density at radius 1 is 1.17 bits per heavy atom. The van der Waals surface area contributed by atoms with Gasteiger partial charge in [0.25, 0.3) is 5.91 Å². The second-order valence-electron chi connectivity index (χ2n) is 6.45. The third-order valence-electron chi connectivity index (χ3n) is 4.37. The minimum atomic E-state index is -3.79. The Morgan fingerprint density at radius 3 is 2.52 bits per heavy atom. The van der Waals surface area contributed by atoms with Gasteiger partial charge in [0.05, 0.1) is 30.5 Å². The van der Waals surface area contributed by atoms with Crippen LogP contribution in [0.4, 0.5) is 0 Å². The molecule has 0 aliphatic carbocycles. The standard InChI is InChI=1S/C17H27N3O7S2/c1-14-3-4-15(29(24,25)19-5-9-26-2)13-16(14)17(21)18-6-12-28(22,23)20-7-10-27-11-8-20/h3-4,13,19H,5-12H2,1-2H3,(H,18,21). The fourth-order valence-corrected chi connectivity index (χ4v) is 5.08. The molecule has 1 aromatic carbocycles. The van der Waals surface area contributed by atoms with Gasteiger partial charge in [0.15, 0.2) is 0 Å². The van der Waals surface area contributed by atoms with Crippen molar-refractivity contribution < 1.29 is 31.1 Å². The molecule has 1 fully saturated rings. The fourth-order valence-electron chi connectivity index (χ4n) is 2.72. The van der Waals surface area contributed by atoms with E-state index in [4.69, 9.17) is 9.47 Å². The summed E-state index contributed by atoms with van der Waals surface area (Å²) in [5.41, 5.74) is 0.748. The third-order valence-corrected chi connectivity index (χ3v) is 7.70. The van der Waals surface area contributed by atoms with Crippen LogP contribution >= 0.6 is 0 Å². The van der Waals surface area contributed by atoms with Crippen molar-refractivity contribution in [3.05, 3.63) is 29.3 Å². The molecule has 0 spiro atoms. The number of methoxy groups -OCH3 is 1. The summed E-state index contributed by atoms with van der Waals surface area (Å²) >= 11 is 0. The van der Waals surface area contributed by atoms with Crippen molar-refractivity contribution in [2.75, 3.05) is 58.9 Å². The minimum absolute atomic E-state index is 0.0507. The number of rotatable bonds is 10. The first kappa shape index (κ1) is 23.7. The van der Waals surface area contributed by atoms with E-state index in [1.807, 2.05) is 0 Å². The summed E-state index contributed by atoms with van der Waals surface area (Å²) in [6, 6.07) is 4.21. The average molecular weight is 450 g/mol. The maximum absolute atomic E-state index is 12.5. The number of ether oxygens (including phenoxy) is 2. The minimum Gasteiger partial charge on any atom is -0.383 e. The van der Waals surface area contributed by atoms with Crippen molar-refractivity contribution in [1.29, 1.82) is 0 Å². The zero-order chi connectivity index (χ0) is 21.5. The monoisotopic (exact) mass is 449 g/mol. The molecule has 0 saturated carbocycles. The molecule has 0 atom stereocenters. The first-order valence-corrected chi connectivity index (χ1v) is 12.2. The highest BCUT2D eigenvalue weighted by Crippen LogP contribution is 2.16. The molecule has 1 heterocycles. The number of carbonyl (C=O) groups excluding carboxylic acids is 1. The molecule has 0 bridgehead atoms. The van der Waals surface area contributed by atoms with E-state index in [1.165, 1.54) is 29.6 Å². The number of aryl methyl sites for hydroxylation is 1. The maximum Gasteiger partial charge on any atom is 0.251 e. The number of hydrogen-bond acceptors (Lipinski definition) is 7. The average Bonchev–Trinajstić information content (AvgIpc) is 2.68. The van der Waals surface area contributed by atoms with E-state index in [1.54, 1.807) is 6.92 Å². The number of hydrogen-bond donors (Lipinski definition) is 2. The second kappa shape index (κ2) is 10.5. The quantitative estimate of drug-likeness (QED) is 0.452. The molecule has 0 unspecified atom stereocenters. The Balaban J connectivity index is 2.01. The number of amides is 1. The molecular weight excluding hydrogens is 422 g/mol. The molecule has 1 aliphatic rings. The summed E-state index contributed by atoms with van der Waals surface area (Å²) in [5.74, 6) is -0.775. The molecule has 12 heteroatoms. The van der Waals surface area contributed by atoms with E-state index in [9.17, 15) is 21.6 Å². The van der Waals surface area contributed by atoms with E-state index in [0.717, 1.165) is 0 Å². The van der Waals surface area contributed by atoms with Crippen LogP contribution in [0.1, 0.15) is 15.9 Å².